The standard InChI is InChI=1S/C28H29F2N3O5/c1-15-10-17(27(34)35)13-31-26(15)33-18-8-9-19(33)12-20(11-18)36-14-22-24(32-38-25(22)16-6-7-16)21-4-2-3-5-23(21)37-28(29)30/h2-5,10,13,16,18-20,28H,6-9,11-12,14H2,1H3,(H,34,35)/t18-,19+,20?. The first-order valence-electron chi connectivity index (χ1n) is 13.0. The second-order valence-corrected chi connectivity index (χ2v) is 10.4. The topological polar surface area (TPSA) is 97.9 Å². The van der Waals surface area contributed by atoms with Crippen LogP contribution in [0.15, 0.2) is 41.1 Å². The summed E-state index contributed by atoms with van der Waals surface area (Å²) in [5.41, 5.74) is 2.79. The second kappa shape index (κ2) is 9.98. The van der Waals surface area contributed by atoms with E-state index in [2.05, 4.69) is 15.0 Å². The number of hydrogen-bond acceptors (Lipinski definition) is 7. The van der Waals surface area contributed by atoms with E-state index in [9.17, 15) is 18.7 Å². The molecule has 10 heteroatoms. The van der Waals surface area contributed by atoms with Crippen LogP contribution in [0.5, 0.6) is 5.75 Å². The number of pyridine rings is 1. The molecule has 0 spiro atoms. The molecular weight excluding hydrogens is 496 g/mol. The molecule has 4 heterocycles. The minimum atomic E-state index is -2.94. The third-order valence-electron chi connectivity index (χ3n) is 7.82. The van der Waals surface area contributed by atoms with Crippen molar-refractivity contribution in [3.63, 3.8) is 0 Å². The number of ether oxygens (including phenoxy) is 2. The van der Waals surface area contributed by atoms with Crippen LogP contribution in [0.1, 0.15) is 71.7 Å². The maximum Gasteiger partial charge on any atom is 0.387 e. The number of carboxylic acid groups (broad SMARTS) is 1. The normalized spacial score (nSPS) is 22.7. The summed E-state index contributed by atoms with van der Waals surface area (Å²) >= 11 is 0. The summed E-state index contributed by atoms with van der Waals surface area (Å²) in [6, 6.07) is 8.81. The van der Waals surface area contributed by atoms with Crippen molar-refractivity contribution >= 4 is 11.8 Å². The minimum absolute atomic E-state index is 0.0182. The van der Waals surface area contributed by atoms with E-state index in [0.717, 1.165) is 61.2 Å². The summed E-state index contributed by atoms with van der Waals surface area (Å²) < 4.78 is 43.0. The smallest absolute Gasteiger partial charge is 0.387 e. The molecule has 2 aliphatic heterocycles. The molecule has 3 atom stereocenters. The lowest BCUT2D eigenvalue weighted by atomic mass is 9.98. The summed E-state index contributed by atoms with van der Waals surface area (Å²) in [6.07, 6.45) is 7.15. The number of benzene rings is 1. The lowest BCUT2D eigenvalue weighted by Crippen LogP contribution is -2.46. The van der Waals surface area contributed by atoms with E-state index in [1.165, 1.54) is 12.3 Å². The molecule has 2 bridgehead atoms. The lowest BCUT2D eigenvalue weighted by molar-refractivity contribution is -0.0494. The van der Waals surface area contributed by atoms with Crippen LogP contribution in [-0.4, -0.2) is 46.0 Å². The molecule has 1 aromatic carbocycles. The zero-order chi connectivity index (χ0) is 26.4. The number of carbonyl (C=O) groups is 1. The van der Waals surface area contributed by atoms with Crippen LogP contribution < -0.4 is 9.64 Å². The highest BCUT2D eigenvalue weighted by Gasteiger charge is 2.43. The van der Waals surface area contributed by atoms with E-state index in [1.54, 1.807) is 24.3 Å². The number of nitrogens with zero attached hydrogens (tertiary/aromatic N) is 3. The zero-order valence-corrected chi connectivity index (χ0v) is 21.0. The van der Waals surface area contributed by atoms with Gasteiger partial charge in [0.1, 0.15) is 23.0 Å². The van der Waals surface area contributed by atoms with Gasteiger partial charge in [0.05, 0.1) is 18.3 Å². The van der Waals surface area contributed by atoms with Gasteiger partial charge in [0.2, 0.25) is 0 Å². The highest BCUT2D eigenvalue weighted by molar-refractivity contribution is 5.87. The molecule has 0 radical (unpaired) electrons. The predicted molar refractivity (Wildman–Crippen MR) is 134 cm³/mol. The number of fused-ring (bicyclic) bond motifs is 2. The fourth-order valence-electron chi connectivity index (χ4n) is 5.97. The van der Waals surface area contributed by atoms with Crippen molar-refractivity contribution in [1.82, 2.24) is 10.1 Å². The van der Waals surface area contributed by atoms with Crippen LogP contribution in [0, 0.1) is 6.92 Å². The monoisotopic (exact) mass is 525 g/mol. The van der Waals surface area contributed by atoms with Gasteiger partial charge in [-0.1, -0.05) is 17.3 Å². The average Bonchev–Trinajstić information content (AvgIpc) is 3.59. The summed E-state index contributed by atoms with van der Waals surface area (Å²) in [4.78, 5) is 18.2. The van der Waals surface area contributed by atoms with Crippen molar-refractivity contribution in [1.29, 1.82) is 0 Å². The first kappa shape index (κ1) is 24.8. The molecule has 200 valence electrons. The molecule has 1 N–H and O–H groups in total. The Balaban J connectivity index is 1.20. The van der Waals surface area contributed by atoms with Gasteiger partial charge in [-0.2, -0.15) is 8.78 Å². The summed E-state index contributed by atoms with van der Waals surface area (Å²) in [5, 5.41) is 13.5. The largest absolute Gasteiger partial charge is 0.478 e. The fourth-order valence-corrected chi connectivity index (χ4v) is 5.97. The fraction of sp³-hybridized carbons (Fsp3) is 0.464. The van der Waals surface area contributed by atoms with E-state index < -0.39 is 12.6 Å². The number of carboxylic acids is 1. The van der Waals surface area contributed by atoms with E-state index in [1.807, 2.05) is 6.92 Å². The molecule has 6 rings (SSSR count). The number of piperidine rings is 1. The molecule has 38 heavy (non-hydrogen) atoms. The van der Waals surface area contributed by atoms with Crippen molar-refractivity contribution in [2.45, 2.75) is 82.8 Å². The van der Waals surface area contributed by atoms with Crippen LogP contribution >= 0.6 is 0 Å². The summed E-state index contributed by atoms with van der Waals surface area (Å²) in [7, 11) is 0. The number of alkyl halides is 2. The molecule has 2 aromatic heterocycles. The molecule has 0 amide bonds. The molecule has 1 saturated carbocycles. The Bertz CT molecular complexity index is 1330. The van der Waals surface area contributed by atoms with Crippen molar-refractivity contribution in [3.05, 3.63) is 59.0 Å². The summed E-state index contributed by atoms with van der Waals surface area (Å²) in [5.74, 6) is 0.963. The number of aromatic nitrogens is 2. The molecule has 2 saturated heterocycles. The average molecular weight is 526 g/mol. The van der Waals surface area contributed by atoms with Crippen LogP contribution in [-0.2, 0) is 11.3 Å². The number of hydrogen-bond donors (Lipinski definition) is 1. The van der Waals surface area contributed by atoms with E-state index in [0.29, 0.717) is 11.3 Å². The van der Waals surface area contributed by atoms with Crippen LogP contribution in [0.25, 0.3) is 11.3 Å². The maximum atomic E-state index is 13.0. The van der Waals surface area contributed by atoms with E-state index >= 15 is 0 Å². The van der Waals surface area contributed by atoms with Gasteiger partial charge < -0.3 is 24.0 Å². The first-order chi connectivity index (χ1) is 18.4. The Labute approximate surface area is 218 Å². The Morgan fingerprint density at radius 2 is 1.92 bits per heavy atom. The summed E-state index contributed by atoms with van der Waals surface area (Å²) in [6.45, 7) is -0.758. The molecule has 1 unspecified atom stereocenters. The van der Waals surface area contributed by atoms with Crippen molar-refractivity contribution in [3.8, 4) is 17.0 Å². The van der Waals surface area contributed by atoms with Gasteiger partial charge >= 0.3 is 12.6 Å². The first-order valence-corrected chi connectivity index (χ1v) is 13.0. The molecular formula is C28H29F2N3O5. The molecule has 1 aliphatic carbocycles. The third-order valence-corrected chi connectivity index (χ3v) is 7.82. The SMILES string of the molecule is Cc1cc(C(=O)O)cnc1N1[C@@H]2CC[C@H]1CC(OCc1c(-c3ccccc3OC(F)F)noc1C1CC1)C2. The van der Waals surface area contributed by atoms with E-state index in [4.69, 9.17) is 14.0 Å². The molecule has 3 aromatic rings. The van der Waals surface area contributed by atoms with Crippen molar-refractivity contribution < 1.29 is 32.7 Å². The van der Waals surface area contributed by atoms with Gasteiger partial charge in [-0.15, -0.1) is 0 Å². The molecule has 8 nitrogen and oxygen atoms in total. The Kier molecular flexibility index (Phi) is 6.51. The lowest BCUT2D eigenvalue weighted by Gasteiger charge is -2.40. The number of halogens is 2. The van der Waals surface area contributed by atoms with Crippen LogP contribution in [0.2, 0.25) is 0 Å². The van der Waals surface area contributed by atoms with Gasteiger partial charge in [0, 0.05) is 35.3 Å². The van der Waals surface area contributed by atoms with Crippen molar-refractivity contribution in [2.24, 2.45) is 0 Å². The van der Waals surface area contributed by atoms with Gasteiger partial charge in [0.25, 0.3) is 0 Å². The van der Waals surface area contributed by atoms with E-state index in [-0.39, 0.29) is 42.0 Å². The Morgan fingerprint density at radius 3 is 2.58 bits per heavy atom. The Morgan fingerprint density at radius 1 is 1.18 bits per heavy atom. The van der Waals surface area contributed by atoms with Crippen LogP contribution in [0.3, 0.4) is 0 Å². The highest BCUT2D eigenvalue weighted by atomic mass is 19.3. The highest BCUT2D eigenvalue weighted by Crippen LogP contribution is 2.46. The van der Waals surface area contributed by atoms with Gasteiger partial charge in [-0.25, -0.2) is 9.78 Å². The molecule has 3 aliphatic rings. The van der Waals surface area contributed by atoms with Gasteiger partial charge in [0.15, 0.2) is 0 Å². The number of anilines is 1. The number of aryl methyl sites for hydroxylation is 1. The number of rotatable bonds is 9. The second-order valence-electron chi connectivity index (χ2n) is 10.4. The zero-order valence-electron chi connectivity index (χ0n) is 21.0. The minimum Gasteiger partial charge on any atom is -0.478 e. The Hall–Kier alpha value is -3.53. The van der Waals surface area contributed by atoms with Gasteiger partial charge in [-0.3, -0.25) is 0 Å². The quantitative estimate of drug-likeness (QED) is 0.367. The van der Waals surface area contributed by atoms with Gasteiger partial charge in [-0.05, 0) is 69.2 Å². The maximum absolute atomic E-state index is 13.0. The van der Waals surface area contributed by atoms with Crippen molar-refractivity contribution in [2.75, 3.05) is 4.90 Å². The number of aromatic carboxylic acids is 1. The van der Waals surface area contributed by atoms with Crippen LogP contribution in [0.4, 0.5) is 14.6 Å². The predicted octanol–water partition coefficient (Wildman–Crippen LogP) is 5.94. The molecule has 3 fully saturated rings. The number of para-hydroxylation sites is 1. The third kappa shape index (κ3) is 4.73.